The first-order chi connectivity index (χ1) is 26.1. The number of hydrogen-bond acceptors (Lipinski definition) is 10. The van der Waals surface area contributed by atoms with Crippen LogP contribution in [0, 0.1) is 25.2 Å². The lowest BCUT2D eigenvalue weighted by atomic mass is 9.91. The number of alkyl halides is 2. The zero-order chi connectivity index (χ0) is 37.7. The molecule has 0 saturated carbocycles. The van der Waals surface area contributed by atoms with Crippen LogP contribution in [0.3, 0.4) is 0 Å². The molecule has 0 radical (unpaired) electrons. The summed E-state index contributed by atoms with van der Waals surface area (Å²) in [6, 6.07) is 20.6. The Kier molecular flexibility index (Phi) is 9.21. The van der Waals surface area contributed by atoms with Crippen molar-refractivity contribution in [2.24, 2.45) is 0 Å². The van der Waals surface area contributed by atoms with Crippen molar-refractivity contribution in [2.75, 3.05) is 26.7 Å². The molecule has 8 rings (SSSR count). The molecule has 0 amide bonds. The molecule has 2 aliphatic rings. The van der Waals surface area contributed by atoms with Gasteiger partial charge in [-0.2, -0.15) is 14.0 Å². The Morgan fingerprint density at radius 1 is 0.963 bits per heavy atom. The van der Waals surface area contributed by atoms with Gasteiger partial charge in [0.15, 0.2) is 11.2 Å². The number of nitriles is 1. The number of rotatable bonds is 10. The van der Waals surface area contributed by atoms with Crippen molar-refractivity contribution < 1.29 is 31.9 Å². The van der Waals surface area contributed by atoms with Crippen LogP contribution in [0.25, 0.3) is 56.2 Å². The zero-order valence-electron chi connectivity index (χ0n) is 30.1. The first kappa shape index (κ1) is 35.1. The number of ether oxygens (including phenoxy) is 2. The van der Waals surface area contributed by atoms with Crippen LogP contribution in [0.1, 0.15) is 40.7 Å². The van der Waals surface area contributed by atoms with Gasteiger partial charge in [0.05, 0.1) is 12.7 Å². The topological polar surface area (TPSA) is 118 Å². The number of likely N-dealkylation sites (tertiary alicyclic amines) is 2. The van der Waals surface area contributed by atoms with E-state index in [1.165, 1.54) is 18.7 Å². The molecule has 4 aromatic carbocycles. The highest BCUT2D eigenvalue weighted by Crippen LogP contribution is 2.39. The van der Waals surface area contributed by atoms with Crippen LogP contribution < -0.4 is 4.74 Å². The van der Waals surface area contributed by atoms with E-state index in [-0.39, 0.29) is 18.3 Å². The summed E-state index contributed by atoms with van der Waals surface area (Å²) >= 11 is 0. The SMILES string of the molecule is C=C1CN(Cc2cc(C#N)c3oc(-c4cccc(-c5cccc(-c6nc7cc(CN8CCC[C@H]8C(=O)OC)c(OC(F)F)cc7o6)c5C)c4C)nc3c2)C1. The molecule has 0 spiro atoms. The van der Waals surface area contributed by atoms with E-state index < -0.39 is 12.7 Å². The normalized spacial score (nSPS) is 16.3. The fourth-order valence-corrected chi connectivity index (χ4v) is 7.73. The minimum Gasteiger partial charge on any atom is -0.468 e. The number of fused-ring (bicyclic) bond motifs is 2. The lowest BCUT2D eigenvalue weighted by molar-refractivity contribution is -0.146. The third kappa shape index (κ3) is 6.50. The molecule has 274 valence electrons. The number of benzene rings is 4. The highest BCUT2D eigenvalue weighted by molar-refractivity contribution is 5.86. The third-order valence-corrected chi connectivity index (χ3v) is 10.4. The number of methoxy groups -OCH3 is 1. The molecule has 10 nitrogen and oxygen atoms in total. The molecule has 6 aromatic rings. The van der Waals surface area contributed by atoms with Crippen molar-refractivity contribution in [1.82, 2.24) is 19.8 Å². The molecule has 0 bridgehead atoms. The zero-order valence-corrected chi connectivity index (χ0v) is 30.1. The molecule has 2 fully saturated rings. The predicted octanol–water partition coefficient (Wildman–Crippen LogP) is 8.57. The van der Waals surface area contributed by atoms with Crippen molar-refractivity contribution >= 4 is 28.2 Å². The smallest absolute Gasteiger partial charge is 0.387 e. The van der Waals surface area contributed by atoms with E-state index in [9.17, 15) is 18.8 Å². The second kappa shape index (κ2) is 14.2. The highest BCUT2D eigenvalue weighted by atomic mass is 19.3. The van der Waals surface area contributed by atoms with Gasteiger partial charge in [0.2, 0.25) is 11.8 Å². The van der Waals surface area contributed by atoms with Crippen LogP contribution >= 0.6 is 0 Å². The molecule has 4 heterocycles. The third-order valence-electron chi connectivity index (χ3n) is 10.4. The minimum absolute atomic E-state index is 0.0339. The van der Waals surface area contributed by atoms with Crippen molar-refractivity contribution in [2.45, 2.75) is 52.4 Å². The number of halogens is 2. The summed E-state index contributed by atoms with van der Waals surface area (Å²) in [7, 11) is 1.34. The maximum absolute atomic E-state index is 13.6. The molecule has 12 heteroatoms. The van der Waals surface area contributed by atoms with Gasteiger partial charge in [0.1, 0.15) is 28.9 Å². The van der Waals surface area contributed by atoms with Crippen molar-refractivity contribution in [3.05, 3.63) is 101 Å². The molecule has 2 aliphatic heterocycles. The maximum Gasteiger partial charge on any atom is 0.387 e. The summed E-state index contributed by atoms with van der Waals surface area (Å²) in [6.45, 7) is 8.18. The van der Waals surface area contributed by atoms with Gasteiger partial charge in [-0.15, -0.1) is 0 Å². The average molecular weight is 730 g/mol. The summed E-state index contributed by atoms with van der Waals surface area (Å²) in [4.78, 5) is 26.2. The van der Waals surface area contributed by atoms with Gasteiger partial charge >= 0.3 is 12.6 Å². The largest absolute Gasteiger partial charge is 0.468 e. The second-order valence-electron chi connectivity index (χ2n) is 14.0. The monoisotopic (exact) mass is 729 g/mol. The molecule has 54 heavy (non-hydrogen) atoms. The van der Waals surface area contributed by atoms with E-state index in [0.29, 0.717) is 64.6 Å². The average Bonchev–Trinajstić information content (AvgIpc) is 3.89. The maximum atomic E-state index is 13.6. The van der Waals surface area contributed by atoms with E-state index in [2.05, 4.69) is 17.5 Å². The van der Waals surface area contributed by atoms with Gasteiger partial charge in [0, 0.05) is 48.9 Å². The summed E-state index contributed by atoms with van der Waals surface area (Å²) in [5.74, 6) is 0.361. The Morgan fingerprint density at radius 3 is 2.28 bits per heavy atom. The lowest BCUT2D eigenvalue weighted by Crippen LogP contribution is -2.38. The van der Waals surface area contributed by atoms with Gasteiger partial charge in [-0.3, -0.25) is 14.6 Å². The van der Waals surface area contributed by atoms with Gasteiger partial charge in [-0.05, 0) is 97.0 Å². The van der Waals surface area contributed by atoms with Crippen molar-refractivity contribution in [3.8, 4) is 45.9 Å². The summed E-state index contributed by atoms with van der Waals surface area (Å²) < 4.78 is 49.5. The Bertz CT molecular complexity index is 2490. The number of nitrogens with zero attached hydrogens (tertiary/aromatic N) is 5. The van der Waals surface area contributed by atoms with E-state index in [1.807, 2.05) is 67.3 Å². The number of carbonyl (C=O) groups excluding carboxylic acids is 1. The first-order valence-corrected chi connectivity index (χ1v) is 17.7. The molecular weight excluding hydrogens is 692 g/mol. The number of esters is 1. The van der Waals surface area contributed by atoms with Crippen LogP contribution in [0.15, 0.2) is 81.7 Å². The fraction of sp³-hybridized carbons (Fsp3) is 0.286. The quantitative estimate of drug-likeness (QED) is 0.100. The molecule has 1 atom stereocenters. The Morgan fingerprint density at radius 2 is 1.63 bits per heavy atom. The fourth-order valence-electron chi connectivity index (χ4n) is 7.73. The van der Waals surface area contributed by atoms with E-state index in [1.54, 1.807) is 6.07 Å². The van der Waals surface area contributed by atoms with Gasteiger partial charge in [-0.1, -0.05) is 30.8 Å². The molecule has 2 aromatic heterocycles. The van der Waals surface area contributed by atoms with E-state index in [4.69, 9.17) is 28.3 Å². The Balaban J connectivity index is 1.13. The number of oxazole rings is 2. The summed E-state index contributed by atoms with van der Waals surface area (Å²) in [5.41, 5.74) is 10.2. The van der Waals surface area contributed by atoms with Crippen molar-refractivity contribution in [3.63, 3.8) is 0 Å². The van der Waals surface area contributed by atoms with Gasteiger partial charge < -0.3 is 18.3 Å². The second-order valence-corrected chi connectivity index (χ2v) is 14.0. The molecule has 0 unspecified atom stereocenters. The van der Waals surface area contributed by atoms with E-state index >= 15 is 0 Å². The van der Waals surface area contributed by atoms with Crippen LogP contribution in [-0.2, 0) is 22.6 Å². The van der Waals surface area contributed by atoms with Crippen LogP contribution in [0.5, 0.6) is 5.75 Å². The molecule has 0 N–H and O–H groups in total. The van der Waals surface area contributed by atoms with Gasteiger partial charge in [-0.25, -0.2) is 9.97 Å². The highest BCUT2D eigenvalue weighted by Gasteiger charge is 2.32. The summed E-state index contributed by atoms with van der Waals surface area (Å²) in [6.07, 6.45) is 1.41. The van der Waals surface area contributed by atoms with Crippen LogP contribution in [0.4, 0.5) is 8.78 Å². The Labute approximate surface area is 310 Å². The predicted molar refractivity (Wildman–Crippen MR) is 199 cm³/mol. The lowest BCUT2D eigenvalue weighted by Gasteiger charge is -2.33. The number of carbonyl (C=O) groups is 1. The molecule has 2 saturated heterocycles. The van der Waals surface area contributed by atoms with Crippen LogP contribution in [0.2, 0.25) is 0 Å². The molecule has 0 aliphatic carbocycles. The number of hydrogen-bond donors (Lipinski definition) is 0. The van der Waals surface area contributed by atoms with Crippen LogP contribution in [-0.4, -0.2) is 65.1 Å². The Hall–Kier alpha value is -5.90. The van der Waals surface area contributed by atoms with Gasteiger partial charge in [0.25, 0.3) is 0 Å². The minimum atomic E-state index is -3.05. The standard InChI is InChI=1S/C42H37F2N5O5/c1-23-19-48(20-23)21-26-14-27(18-45)38-34(15-26)47-40(54-38)32-11-6-9-30(25(32)3)29-8-5-10-31(24(29)2)39-46-33-16-28(36(53-42(43)44)17-37(33)52-39)22-49-13-7-12-35(49)41(50)51-4/h5-6,8-11,14-17,35,42H,1,7,12-13,19-22H2,2-4H3/t35-/m0/s1. The number of aromatic nitrogens is 2. The van der Waals surface area contributed by atoms with Crippen molar-refractivity contribution in [1.29, 1.82) is 5.26 Å². The van der Waals surface area contributed by atoms with E-state index in [0.717, 1.165) is 58.5 Å². The first-order valence-electron chi connectivity index (χ1n) is 17.7. The summed E-state index contributed by atoms with van der Waals surface area (Å²) in [5, 5.41) is 9.95. The molecular formula is C42H37F2N5O5.